The highest BCUT2D eigenvalue weighted by Gasteiger charge is 2.73. The van der Waals surface area contributed by atoms with E-state index in [4.69, 9.17) is 16.2 Å². The molecule has 2 aliphatic heterocycles. The van der Waals surface area contributed by atoms with Gasteiger partial charge in [-0.15, -0.1) is 0 Å². The Morgan fingerprint density at radius 1 is 0.478 bits per heavy atom. The minimum Gasteiger partial charge on any atom is -0.457 e. The summed E-state index contributed by atoms with van der Waals surface area (Å²) in [5.74, 6) is -3.71. The van der Waals surface area contributed by atoms with Crippen LogP contribution in [0.1, 0.15) is 52.6 Å². The number of hydrogen-bond donors (Lipinski definition) is 2. The van der Waals surface area contributed by atoms with Crippen LogP contribution in [0, 0.1) is 0 Å². The first-order valence-corrected chi connectivity index (χ1v) is 12.9. The smallest absolute Gasteiger partial charge is 0.411 e. The van der Waals surface area contributed by atoms with E-state index >= 15 is 0 Å². The number of carbonyl (C=O) groups is 4. The Morgan fingerprint density at radius 3 is 1.13 bits per heavy atom. The van der Waals surface area contributed by atoms with E-state index in [0.29, 0.717) is 24.3 Å². The Balaban J connectivity index is 0.000000232. The highest BCUT2D eigenvalue weighted by molar-refractivity contribution is 6.15. The zero-order valence-electron chi connectivity index (χ0n) is 22.9. The maximum Gasteiger partial charge on any atom is 0.411 e. The lowest BCUT2D eigenvalue weighted by atomic mass is 9.71. The van der Waals surface area contributed by atoms with Crippen LogP contribution in [0.5, 0.6) is 11.5 Å². The van der Waals surface area contributed by atoms with Gasteiger partial charge in [-0.1, -0.05) is 12.1 Å². The summed E-state index contributed by atoms with van der Waals surface area (Å²) in [7, 11) is 0. The van der Waals surface area contributed by atoms with Gasteiger partial charge in [-0.2, -0.15) is 26.3 Å². The number of ether oxygens (including phenoxy) is 3. The van der Waals surface area contributed by atoms with Crippen LogP contribution < -0.4 is 16.2 Å². The summed E-state index contributed by atoms with van der Waals surface area (Å²) < 4.78 is 99.3. The zero-order chi connectivity index (χ0) is 33.6. The number of nitrogen functional groups attached to an aromatic ring is 2. The van der Waals surface area contributed by atoms with Crippen molar-refractivity contribution in [3.63, 3.8) is 0 Å². The molecule has 4 N–H and O–H groups in total. The number of rotatable bonds is 4. The van der Waals surface area contributed by atoms with Crippen LogP contribution in [0.15, 0.2) is 84.9 Å². The molecule has 2 aliphatic rings. The minimum absolute atomic E-state index is 0.278. The number of cyclic esters (lactones) is 4. The van der Waals surface area contributed by atoms with Crippen molar-refractivity contribution in [2.24, 2.45) is 0 Å². The Morgan fingerprint density at radius 2 is 0.804 bits per heavy atom. The molecule has 0 saturated carbocycles. The third-order valence-corrected chi connectivity index (χ3v) is 7.00. The van der Waals surface area contributed by atoms with Crippen LogP contribution in [0.4, 0.5) is 37.7 Å². The Labute approximate surface area is 254 Å². The SMILES string of the molecule is Nc1ccc(Oc2ccc(N)cc2)cc1.O=C1OC(=O)c2cc(C(c3ccc4c(c3)C(=O)OC4=O)(C(F)(F)F)C(F)(F)F)ccc21. The first-order chi connectivity index (χ1) is 21.5. The molecule has 46 heavy (non-hydrogen) atoms. The number of esters is 4. The molecule has 0 spiro atoms. The van der Waals surface area contributed by atoms with Crippen LogP contribution in [0.3, 0.4) is 0 Å². The van der Waals surface area contributed by atoms with Crippen molar-refractivity contribution in [1.29, 1.82) is 0 Å². The molecule has 4 aromatic rings. The van der Waals surface area contributed by atoms with Crippen molar-refractivity contribution in [1.82, 2.24) is 0 Å². The maximum atomic E-state index is 14.2. The van der Waals surface area contributed by atoms with Crippen LogP contribution in [-0.4, -0.2) is 36.2 Å². The number of carbonyl (C=O) groups excluding carboxylic acids is 4. The van der Waals surface area contributed by atoms with E-state index in [1.807, 2.05) is 24.3 Å². The molecule has 9 nitrogen and oxygen atoms in total. The molecule has 0 saturated heterocycles. The summed E-state index contributed by atoms with van der Waals surface area (Å²) >= 11 is 0. The summed E-state index contributed by atoms with van der Waals surface area (Å²) in [5, 5.41) is 0. The second-order valence-corrected chi connectivity index (χ2v) is 9.86. The normalized spacial score (nSPS) is 14.1. The van der Waals surface area contributed by atoms with Crippen molar-refractivity contribution in [2.75, 3.05) is 11.5 Å². The summed E-state index contributed by atoms with van der Waals surface area (Å²) in [5.41, 5.74) is 2.49. The summed E-state index contributed by atoms with van der Waals surface area (Å²) in [6.45, 7) is 0. The maximum absolute atomic E-state index is 14.2. The molecular weight excluding hydrogens is 626 g/mol. The molecule has 0 bridgehead atoms. The number of hydrogen-bond acceptors (Lipinski definition) is 9. The highest BCUT2D eigenvalue weighted by Crippen LogP contribution is 2.57. The van der Waals surface area contributed by atoms with Gasteiger partial charge in [0.05, 0.1) is 22.3 Å². The predicted octanol–water partition coefficient (Wildman–Crippen LogP) is 6.36. The zero-order valence-corrected chi connectivity index (χ0v) is 22.9. The lowest BCUT2D eigenvalue weighted by Crippen LogP contribution is -2.55. The minimum atomic E-state index is -6.02. The van der Waals surface area contributed by atoms with Crippen LogP contribution >= 0.6 is 0 Å². The van der Waals surface area contributed by atoms with Gasteiger partial charge in [-0.25, -0.2) is 19.2 Å². The summed E-state index contributed by atoms with van der Waals surface area (Å²) in [4.78, 5) is 46.5. The monoisotopic (exact) mass is 644 g/mol. The highest BCUT2D eigenvalue weighted by atomic mass is 19.4. The fourth-order valence-corrected chi connectivity index (χ4v) is 4.83. The largest absolute Gasteiger partial charge is 0.457 e. The quantitative estimate of drug-likeness (QED) is 0.112. The fraction of sp³-hybridized carbons (Fsp3) is 0.0968. The van der Waals surface area contributed by atoms with Crippen molar-refractivity contribution in [2.45, 2.75) is 17.8 Å². The summed E-state index contributed by atoms with van der Waals surface area (Å²) in [6.07, 6.45) is -12.0. The number of anilines is 2. The number of nitrogens with two attached hydrogens (primary N) is 2. The second kappa shape index (κ2) is 11.3. The topological polar surface area (TPSA) is 148 Å². The molecule has 15 heteroatoms. The molecular formula is C31H18F6N2O7. The van der Waals surface area contributed by atoms with Crippen molar-refractivity contribution in [3.05, 3.63) is 118 Å². The van der Waals surface area contributed by atoms with Crippen molar-refractivity contribution in [3.8, 4) is 11.5 Å². The second-order valence-electron chi connectivity index (χ2n) is 9.86. The Hall–Kier alpha value is -5.86. The van der Waals surface area contributed by atoms with Gasteiger partial charge in [-0.05, 0) is 83.9 Å². The van der Waals surface area contributed by atoms with Crippen LogP contribution in [0.25, 0.3) is 0 Å². The molecule has 6 rings (SSSR count). The fourth-order valence-electron chi connectivity index (χ4n) is 4.83. The van der Waals surface area contributed by atoms with E-state index in [0.717, 1.165) is 22.9 Å². The number of fused-ring (bicyclic) bond motifs is 2. The van der Waals surface area contributed by atoms with E-state index in [9.17, 15) is 45.5 Å². The molecule has 0 aliphatic carbocycles. The third kappa shape index (κ3) is 5.46. The predicted molar refractivity (Wildman–Crippen MR) is 147 cm³/mol. The van der Waals surface area contributed by atoms with Gasteiger partial charge < -0.3 is 25.7 Å². The van der Waals surface area contributed by atoms with E-state index in [1.54, 1.807) is 24.3 Å². The molecule has 0 aromatic heterocycles. The van der Waals surface area contributed by atoms with Gasteiger partial charge in [-0.3, -0.25) is 0 Å². The first-order valence-electron chi connectivity index (χ1n) is 12.9. The summed E-state index contributed by atoms with van der Waals surface area (Å²) in [6, 6.07) is 17.1. The molecule has 236 valence electrons. The molecule has 0 fully saturated rings. The average molecular weight is 644 g/mol. The van der Waals surface area contributed by atoms with Gasteiger partial charge in [0.25, 0.3) is 0 Å². The van der Waals surface area contributed by atoms with Gasteiger partial charge in [0, 0.05) is 11.4 Å². The standard InChI is InChI=1S/C19H6F6O6.C12H12N2O/c20-18(21,22)17(19(23,24)25,7-1-3-9-11(5-7)15(28)30-13(9)26)8-2-4-10-12(6-8)16(29)31-14(10)27;13-9-1-5-11(6-2-9)15-12-7-3-10(14)4-8-12/h1-6H;1-8H,13-14H2. The lowest BCUT2D eigenvalue weighted by molar-refractivity contribution is -0.288. The Kier molecular flexibility index (Phi) is 7.72. The first kappa shape index (κ1) is 31.6. The molecule has 0 amide bonds. The van der Waals surface area contributed by atoms with E-state index < -0.39 is 75.0 Å². The molecule has 0 atom stereocenters. The van der Waals surface area contributed by atoms with Gasteiger partial charge in [0.15, 0.2) is 0 Å². The lowest BCUT2D eigenvalue weighted by Gasteiger charge is -2.38. The van der Waals surface area contributed by atoms with E-state index in [-0.39, 0.29) is 12.1 Å². The van der Waals surface area contributed by atoms with Crippen molar-refractivity contribution >= 4 is 35.3 Å². The molecule has 2 heterocycles. The van der Waals surface area contributed by atoms with Crippen LogP contribution in [-0.2, 0) is 14.9 Å². The van der Waals surface area contributed by atoms with Gasteiger partial charge in [0.2, 0.25) is 5.41 Å². The molecule has 0 unspecified atom stereocenters. The van der Waals surface area contributed by atoms with E-state index in [1.165, 1.54) is 0 Å². The molecule has 0 radical (unpaired) electrons. The van der Waals surface area contributed by atoms with Crippen LogP contribution in [0.2, 0.25) is 0 Å². The number of alkyl halides is 6. The van der Waals surface area contributed by atoms with Gasteiger partial charge >= 0.3 is 36.2 Å². The van der Waals surface area contributed by atoms with E-state index in [2.05, 4.69) is 9.47 Å². The van der Waals surface area contributed by atoms with Crippen molar-refractivity contribution < 1.29 is 59.7 Å². The van der Waals surface area contributed by atoms with Gasteiger partial charge in [0.1, 0.15) is 11.5 Å². The third-order valence-electron chi connectivity index (χ3n) is 7.00. The average Bonchev–Trinajstić information content (AvgIpc) is 3.43. The number of benzene rings is 4. The number of halogens is 6. The Bertz CT molecular complexity index is 1750. The molecule has 4 aromatic carbocycles.